The number of nitrogens with two attached hydrogens (primary N) is 2. The van der Waals surface area contributed by atoms with E-state index < -0.39 is 5.60 Å². The quantitative estimate of drug-likeness (QED) is 0.216. The average molecular weight is 557 g/mol. The highest BCUT2D eigenvalue weighted by Gasteiger charge is 2.42. The summed E-state index contributed by atoms with van der Waals surface area (Å²) >= 11 is 0. The highest BCUT2D eigenvalue weighted by atomic mass is 16.6. The molecule has 3 aromatic rings. The number of rotatable bonds is 6. The van der Waals surface area contributed by atoms with E-state index in [4.69, 9.17) is 21.6 Å². The number of carbonyl (C=O) groups is 1. The molecule has 10 nitrogen and oxygen atoms in total. The van der Waals surface area contributed by atoms with E-state index in [1.165, 1.54) is 31.9 Å². The monoisotopic (exact) mass is 556 g/mol. The summed E-state index contributed by atoms with van der Waals surface area (Å²) in [4.78, 5) is 16.0. The average Bonchev–Trinajstić information content (AvgIpc) is 3.59. The number of hydrazine groups is 2. The second-order valence-corrected chi connectivity index (χ2v) is 12.8. The van der Waals surface area contributed by atoms with Gasteiger partial charge in [0.2, 0.25) is 0 Å². The number of nitrogens with zero attached hydrogens (tertiary/aromatic N) is 3. The standard InChI is InChI=1S/C31H40N8O2/c1-30(2,3)41-29(40)39-23(17-37-10-9-31(19-37)7-4-8-31)12-21-6-5-20(11-28(21)39)16-38-18-27(35-36-38)24-13-22(33)14-26(34)25(24)15-32/h5-6,11-15,18,32,35-36H,4,7-10,16-17,19,33-34H2,1-3H3. The molecule has 1 saturated heterocycles. The zero-order valence-electron chi connectivity index (χ0n) is 24.1. The minimum Gasteiger partial charge on any atom is -0.443 e. The fourth-order valence-electron chi connectivity index (χ4n) is 6.37. The Hall–Kier alpha value is -4.02. The van der Waals surface area contributed by atoms with Gasteiger partial charge in [-0.2, -0.15) is 0 Å². The third-order valence-corrected chi connectivity index (χ3v) is 8.48. The predicted octanol–water partition coefficient (Wildman–Crippen LogP) is 4.79. The predicted molar refractivity (Wildman–Crippen MR) is 163 cm³/mol. The van der Waals surface area contributed by atoms with Crippen LogP contribution >= 0.6 is 0 Å². The molecule has 2 aliphatic heterocycles. The van der Waals surface area contributed by atoms with Crippen molar-refractivity contribution >= 4 is 40.3 Å². The van der Waals surface area contributed by atoms with Gasteiger partial charge in [-0.1, -0.05) is 18.6 Å². The van der Waals surface area contributed by atoms with Gasteiger partial charge < -0.3 is 27.0 Å². The molecule has 0 atom stereocenters. The number of benzene rings is 2. The molecule has 0 radical (unpaired) electrons. The molecule has 10 heteroatoms. The van der Waals surface area contributed by atoms with E-state index in [0.29, 0.717) is 28.9 Å². The Morgan fingerprint density at radius 1 is 1.12 bits per heavy atom. The van der Waals surface area contributed by atoms with Gasteiger partial charge in [-0.25, -0.2) is 9.36 Å². The summed E-state index contributed by atoms with van der Waals surface area (Å²) in [5.74, 6) is 0. The number of hydrogen-bond donors (Lipinski definition) is 5. The molecule has 41 heavy (non-hydrogen) atoms. The van der Waals surface area contributed by atoms with E-state index in [0.717, 1.165) is 53.1 Å². The van der Waals surface area contributed by atoms with Crippen molar-refractivity contribution in [1.82, 2.24) is 25.4 Å². The highest BCUT2D eigenvalue weighted by Crippen LogP contribution is 2.48. The Bertz CT molecular complexity index is 1550. The van der Waals surface area contributed by atoms with E-state index in [1.54, 1.807) is 16.7 Å². The minimum absolute atomic E-state index is 0.348. The second kappa shape index (κ2) is 10.1. The molecule has 0 bridgehead atoms. The number of anilines is 2. The van der Waals surface area contributed by atoms with Crippen LogP contribution in [0.3, 0.4) is 0 Å². The number of fused-ring (bicyclic) bond motifs is 1. The van der Waals surface area contributed by atoms with Crippen LogP contribution in [0.4, 0.5) is 16.2 Å². The van der Waals surface area contributed by atoms with Gasteiger partial charge >= 0.3 is 6.09 Å². The summed E-state index contributed by atoms with van der Waals surface area (Å²) in [5, 5.41) is 10.7. The summed E-state index contributed by atoms with van der Waals surface area (Å²) in [6.45, 7) is 9.14. The third kappa shape index (κ3) is 5.37. The minimum atomic E-state index is -0.599. The molecular weight excluding hydrogens is 516 g/mol. The van der Waals surface area contributed by atoms with Gasteiger partial charge in [0.15, 0.2) is 0 Å². The first-order valence-electron chi connectivity index (χ1n) is 14.3. The molecule has 1 spiro atoms. The first-order chi connectivity index (χ1) is 19.5. The van der Waals surface area contributed by atoms with Crippen molar-refractivity contribution in [3.63, 3.8) is 0 Å². The van der Waals surface area contributed by atoms with Gasteiger partial charge in [0, 0.05) is 59.1 Å². The highest BCUT2D eigenvalue weighted by molar-refractivity contribution is 5.94. The Balaban J connectivity index is 1.28. The molecule has 1 aliphatic carbocycles. The van der Waals surface area contributed by atoms with Gasteiger partial charge in [-0.05, 0) is 81.8 Å². The zero-order valence-corrected chi connectivity index (χ0v) is 24.1. The van der Waals surface area contributed by atoms with Crippen LogP contribution in [0.5, 0.6) is 0 Å². The smallest absolute Gasteiger partial charge is 0.419 e. The summed E-state index contributed by atoms with van der Waals surface area (Å²) in [6, 6.07) is 11.8. The van der Waals surface area contributed by atoms with E-state index in [9.17, 15) is 4.79 Å². The van der Waals surface area contributed by atoms with Gasteiger partial charge in [-0.15, -0.1) is 5.53 Å². The van der Waals surface area contributed by atoms with Crippen molar-refractivity contribution in [3.8, 4) is 0 Å². The number of ether oxygens (including phenoxy) is 1. The second-order valence-electron chi connectivity index (χ2n) is 12.8. The normalized spacial score (nSPS) is 18.4. The van der Waals surface area contributed by atoms with Crippen LogP contribution in [0.25, 0.3) is 16.6 Å². The Kier molecular flexibility index (Phi) is 6.70. The lowest BCUT2D eigenvalue weighted by molar-refractivity contribution is 0.0536. The number of nitrogens with one attached hydrogen (secondary N) is 3. The van der Waals surface area contributed by atoms with Crippen molar-refractivity contribution in [2.24, 2.45) is 5.41 Å². The van der Waals surface area contributed by atoms with E-state index in [-0.39, 0.29) is 6.09 Å². The first-order valence-corrected chi connectivity index (χ1v) is 14.3. The van der Waals surface area contributed by atoms with Gasteiger partial charge in [0.1, 0.15) is 5.60 Å². The first kappa shape index (κ1) is 27.2. The molecule has 2 aromatic carbocycles. The summed E-state index contributed by atoms with van der Waals surface area (Å²) in [6.07, 6.45) is 8.05. The number of nitrogen functional groups attached to an aromatic ring is 2. The van der Waals surface area contributed by atoms with Crippen LogP contribution in [0.15, 0.2) is 42.6 Å². The molecule has 2 fully saturated rings. The fraction of sp³-hybridized carbons (Fsp3) is 0.419. The largest absolute Gasteiger partial charge is 0.443 e. The summed E-state index contributed by atoms with van der Waals surface area (Å²) < 4.78 is 7.63. The molecule has 0 unspecified atom stereocenters. The van der Waals surface area contributed by atoms with Crippen molar-refractivity contribution in [3.05, 3.63) is 65.0 Å². The van der Waals surface area contributed by atoms with Crippen LogP contribution in [0.1, 0.15) is 68.8 Å². The lowest BCUT2D eigenvalue weighted by Crippen LogP contribution is -2.35. The lowest BCUT2D eigenvalue weighted by Gasteiger charge is -2.38. The molecule has 1 aromatic heterocycles. The number of aromatic nitrogens is 1. The molecular formula is C31H40N8O2. The van der Waals surface area contributed by atoms with E-state index in [2.05, 4.69) is 40.1 Å². The zero-order chi connectivity index (χ0) is 28.9. The maximum Gasteiger partial charge on any atom is 0.419 e. The molecule has 3 aliphatic rings. The van der Waals surface area contributed by atoms with Crippen LogP contribution in [0, 0.1) is 10.8 Å². The van der Waals surface area contributed by atoms with Crippen LogP contribution in [-0.2, 0) is 17.8 Å². The number of carbonyl (C=O) groups excluding carboxylic acids is 1. The summed E-state index contributed by atoms with van der Waals surface area (Å²) in [7, 11) is 0. The van der Waals surface area contributed by atoms with E-state index >= 15 is 0 Å². The lowest BCUT2D eigenvalue weighted by atomic mass is 9.68. The topological polar surface area (TPSA) is 138 Å². The Morgan fingerprint density at radius 3 is 2.61 bits per heavy atom. The van der Waals surface area contributed by atoms with Crippen LogP contribution in [-0.4, -0.2) is 45.5 Å². The third-order valence-electron chi connectivity index (χ3n) is 8.48. The van der Waals surface area contributed by atoms with Crippen LogP contribution < -0.4 is 22.4 Å². The maximum absolute atomic E-state index is 13.5. The molecule has 216 valence electrons. The van der Waals surface area contributed by atoms with E-state index in [1.807, 2.05) is 32.0 Å². The number of likely N-dealkylation sites (tertiary alicyclic amines) is 1. The maximum atomic E-state index is 13.5. The molecule has 0 amide bonds. The van der Waals surface area contributed by atoms with Crippen LogP contribution in [0.2, 0.25) is 0 Å². The molecule has 1 saturated carbocycles. The fourth-order valence-corrected chi connectivity index (χ4v) is 6.37. The Morgan fingerprint density at radius 2 is 1.93 bits per heavy atom. The van der Waals surface area contributed by atoms with Gasteiger partial charge in [-0.3, -0.25) is 9.91 Å². The van der Waals surface area contributed by atoms with Crippen molar-refractivity contribution < 1.29 is 9.53 Å². The molecule has 3 heterocycles. The van der Waals surface area contributed by atoms with Gasteiger partial charge in [0.25, 0.3) is 0 Å². The SMILES string of the molecule is CC(C)(C)OC(=O)n1c(CN2CCC3(CCC3)C2)cc2ccc(CN3C=C(c4cc(N)cc(N)c4C=N)NN3)cc21. The van der Waals surface area contributed by atoms with Crippen molar-refractivity contribution in [2.45, 2.75) is 65.1 Å². The molecule has 6 rings (SSSR count). The van der Waals surface area contributed by atoms with Crippen molar-refractivity contribution in [1.29, 1.82) is 5.41 Å². The summed E-state index contributed by atoms with van der Waals surface area (Å²) in [5.41, 5.74) is 24.3. The van der Waals surface area contributed by atoms with Gasteiger partial charge in [0.05, 0.1) is 17.8 Å². The van der Waals surface area contributed by atoms with Crippen molar-refractivity contribution in [2.75, 3.05) is 24.6 Å². The Labute approximate surface area is 240 Å². The number of hydrogen-bond acceptors (Lipinski definition) is 9. The molecule has 7 N–H and O–H groups in total.